The van der Waals surface area contributed by atoms with Gasteiger partial charge in [0, 0.05) is 7.05 Å². The summed E-state index contributed by atoms with van der Waals surface area (Å²) in [6.45, 7) is 0.0821. The van der Waals surface area contributed by atoms with Gasteiger partial charge in [-0.25, -0.2) is 4.39 Å². The van der Waals surface area contributed by atoms with Gasteiger partial charge in [0.05, 0.1) is 5.52 Å². The second-order valence-electron chi connectivity index (χ2n) is 3.32. The number of hydrogen-bond donors (Lipinski definition) is 2. The molecule has 2 N–H and O–H groups in total. The predicted molar refractivity (Wildman–Crippen MR) is 61.1 cm³/mol. The van der Waals surface area contributed by atoms with Gasteiger partial charge in [0.15, 0.2) is 4.77 Å². The highest BCUT2D eigenvalue weighted by atomic mass is 32.1. The van der Waals surface area contributed by atoms with E-state index in [4.69, 9.17) is 12.2 Å². The first kappa shape index (κ1) is 10.8. The second-order valence-corrected chi connectivity index (χ2v) is 3.71. The lowest BCUT2D eigenvalue weighted by Gasteiger charge is -2.02. The lowest BCUT2D eigenvalue weighted by atomic mass is 10.3. The number of hydrogen-bond acceptors (Lipinski definition) is 2. The van der Waals surface area contributed by atoms with Crippen LogP contribution in [0.3, 0.4) is 0 Å². The zero-order chi connectivity index (χ0) is 11.7. The number of likely N-dealkylation sites (N-methyl/N-ethyl adjacent to an activating group) is 1. The summed E-state index contributed by atoms with van der Waals surface area (Å²) in [5.41, 5.74) is 0.921. The van der Waals surface area contributed by atoms with E-state index in [0.717, 1.165) is 0 Å². The second kappa shape index (κ2) is 4.05. The van der Waals surface area contributed by atoms with Gasteiger partial charge < -0.3 is 14.9 Å². The minimum absolute atomic E-state index is 0.0821. The highest BCUT2D eigenvalue weighted by molar-refractivity contribution is 7.71. The maximum absolute atomic E-state index is 13.4. The number of benzene rings is 1. The van der Waals surface area contributed by atoms with Crippen LogP contribution >= 0.6 is 12.2 Å². The van der Waals surface area contributed by atoms with Crippen molar-refractivity contribution in [3.63, 3.8) is 0 Å². The monoisotopic (exact) mass is 239 g/mol. The third-order valence-corrected chi connectivity index (χ3v) is 2.66. The van der Waals surface area contributed by atoms with E-state index in [1.165, 1.54) is 6.07 Å². The maximum Gasteiger partial charge on any atom is 0.239 e. The van der Waals surface area contributed by atoms with Crippen molar-refractivity contribution in [1.82, 2.24) is 14.9 Å². The molecule has 1 aromatic heterocycles. The molecular weight excluding hydrogens is 229 g/mol. The Morgan fingerprint density at radius 1 is 1.62 bits per heavy atom. The number of aromatic amines is 1. The van der Waals surface area contributed by atoms with Crippen molar-refractivity contribution in [2.24, 2.45) is 0 Å². The van der Waals surface area contributed by atoms with Crippen LogP contribution in [0.25, 0.3) is 11.0 Å². The number of aromatic nitrogens is 2. The van der Waals surface area contributed by atoms with E-state index in [1.54, 1.807) is 23.7 Å². The van der Waals surface area contributed by atoms with E-state index >= 15 is 0 Å². The fraction of sp³-hybridized carbons (Fsp3) is 0.200. The van der Waals surface area contributed by atoms with Crippen molar-refractivity contribution in [1.29, 1.82) is 0 Å². The predicted octanol–water partition coefficient (Wildman–Crippen LogP) is 1.58. The Morgan fingerprint density at radius 2 is 2.38 bits per heavy atom. The number of nitrogens with zero attached hydrogens (tertiary/aromatic N) is 1. The number of halogens is 1. The molecule has 0 spiro atoms. The first-order valence-electron chi connectivity index (χ1n) is 4.71. The molecule has 6 heteroatoms. The summed E-state index contributed by atoms with van der Waals surface area (Å²) in [7, 11) is 1.54. The number of imidazole rings is 1. The number of amides is 1. The number of carbonyl (C=O) groups is 1. The van der Waals surface area contributed by atoms with Crippen molar-refractivity contribution in [2.75, 3.05) is 7.05 Å². The molecule has 0 aliphatic heterocycles. The molecule has 84 valence electrons. The molecule has 0 aliphatic carbocycles. The Balaban J connectivity index is 2.61. The van der Waals surface area contributed by atoms with Crippen LogP contribution < -0.4 is 5.32 Å². The Morgan fingerprint density at radius 3 is 3.06 bits per heavy atom. The van der Waals surface area contributed by atoms with Crippen LogP contribution in [0.4, 0.5) is 4.39 Å². The van der Waals surface area contributed by atoms with E-state index in [1.807, 2.05) is 0 Å². The summed E-state index contributed by atoms with van der Waals surface area (Å²) in [4.78, 5) is 14.0. The molecule has 4 nitrogen and oxygen atoms in total. The van der Waals surface area contributed by atoms with Crippen molar-refractivity contribution >= 4 is 29.2 Å². The summed E-state index contributed by atoms with van der Waals surface area (Å²) < 4.78 is 15.3. The average molecular weight is 239 g/mol. The molecule has 0 saturated heterocycles. The molecule has 0 radical (unpaired) electrons. The Bertz CT molecular complexity index is 602. The third kappa shape index (κ3) is 1.71. The molecule has 0 bridgehead atoms. The summed E-state index contributed by atoms with van der Waals surface area (Å²) in [5, 5.41) is 2.50. The topological polar surface area (TPSA) is 49.8 Å². The minimum atomic E-state index is -0.376. The smallest absolute Gasteiger partial charge is 0.239 e. The minimum Gasteiger partial charge on any atom is -0.358 e. The van der Waals surface area contributed by atoms with Crippen LogP contribution in [-0.4, -0.2) is 22.5 Å². The van der Waals surface area contributed by atoms with Crippen LogP contribution in [0.5, 0.6) is 0 Å². The Labute approximate surface area is 96.1 Å². The van der Waals surface area contributed by atoms with E-state index in [-0.39, 0.29) is 18.3 Å². The number of carbonyl (C=O) groups excluding carboxylic acids is 1. The first-order valence-corrected chi connectivity index (χ1v) is 5.12. The van der Waals surface area contributed by atoms with Gasteiger partial charge in [-0.05, 0) is 24.4 Å². The molecule has 0 atom stereocenters. The fourth-order valence-corrected chi connectivity index (χ4v) is 1.79. The van der Waals surface area contributed by atoms with Crippen LogP contribution in [0.2, 0.25) is 0 Å². The highest BCUT2D eigenvalue weighted by Crippen LogP contribution is 2.16. The van der Waals surface area contributed by atoms with Crippen LogP contribution in [0.15, 0.2) is 18.2 Å². The summed E-state index contributed by atoms with van der Waals surface area (Å²) in [6.07, 6.45) is 0. The zero-order valence-corrected chi connectivity index (χ0v) is 9.40. The van der Waals surface area contributed by atoms with Gasteiger partial charge in [-0.15, -0.1) is 0 Å². The van der Waals surface area contributed by atoms with E-state index in [9.17, 15) is 9.18 Å². The van der Waals surface area contributed by atoms with Crippen LogP contribution in [0, 0.1) is 10.6 Å². The highest BCUT2D eigenvalue weighted by Gasteiger charge is 2.09. The molecule has 1 amide bonds. The Hall–Kier alpha value is -1.69. The molecule has 1 heterocycles. The number of rotatable bonds is 2. The molecule has 0 aliphatic rings. The summed E-state index contributed by atoms with van der Waals surface area (Å²) in [5.74, 6) is -0.555. The quantitative estimate of drug-likeness (QED) is 0.782. The SMILES string of the molecule is CNC(=O)Cn1c(=S)[nH]c2c(F)cccc21. The molecule has 0 saturated carbocycles. The first-order chi connectivity index (χ1) is 7.63. The van der Waals surface area contributed by atoms with E-state index in [2.05, 4.69) is 10.3 Å². The van der Waals surface area contributed by atoms with Gasteiger partial charge in [0.2, 0.25) is 5.91 Å². The van der Waals surface area contributed by atoms with Gasteiger partial charge in [-0.3, -0.25) is 4.79 Å². The Kier molecular flexibility index (Phi) is 2.74. The van der Waals surface area contributed by atoms with Crippen LogP contribution in [0.1, 0.15) is 0 Å². The third-order valence-electron chi connectivity index (χ3n) is 2.34. The molecule has 16 heavy (non-hydrogen) atoms. The van der Waals surface area contributed by atoms with Gasteiger partial charge in [0.1, 0.15) is 17.9 Å². The number of H-pyrrole nitrogens is 1. The van der Waals surface area contributed by atoms with Crippen molar-refractivity contribution < 1.29 is 9.18 Å². The van der Waals surface area contributed by atoms with Crippen molar-refractivity contribution in [3.8, 4) is 0 Å². The van der Waals surface area contributed by atoms with E-state index in [0.29, 0.717) is 15.8 Å². The number of nitrogens with one attached hydrogen (secondary N) is 2. The van der Waals surface area contributed by atoms with Gasteiger partial charge in [0.25, 0.3) is 0 Å². The normalized spacial score (nSPS) is 10.6. The zero-order valence-electron chi connectivity index (χ0n) is 8.58. The number of fused-ring (bicyclic) bond motifs is 1. The molecule has 0 fully saturated rings. The summed E-state index contributed by atoms with van der Waals surface area (Å²) in [6, 6.07) is 4.64. The molecular formula is C10H10FN3OS. The lowest BCUT2D eigenvalue weighted by molar-refractivity contribution is -0.121. The van der Waals surface area contributed by atoms with Gasteiger partial charge >= 0.3 is 0 Å². The fourth-order valence-electron chi connectivity index (χ4n) is 1.52. The molecule has 2 rings (SSSR count). The molecule has 0 unspecified atom stereocenters. The van der Waals surface area contributed by atoms with Crippen LogP contribution in [-0.2, 0) is 11.3 Å². The largest absolute Gasteiger partial charge is 0.358 e. The van der Waals surface area contributed by atoms with Crippen molar-refractivity contribution in [3.05, 3.63) is 28.8 Å². The average Bonchev–Trinajstić information content (AvgIpc) is 2.58. The molecule has 1 aromatic carbocycles. The van der Waals surface area contributed by atoms with E-state index < -0.39 is 0 Å². The lowest BCUT2D eigenvalue weighted by Crippen LogP contribution is -2.23. The molecule has 2 aromatic rings. The standard InChI is InChI=1S/C10H10FN3OS/c1-12-8(15)5-14-7-4-2-3-6(11)9(7)13-10(14)16/h2-4H,5H2,1H3,(H,12,15)(H,13,16). The van der Waals surface area contributed by atoms with Gasteiger partial charge in [-0.2, -0.15) is 0 Å². The number of para-hydroxylation sites is 1. The van der Waals surface area contributed by atoms with Gasteiger partial charge in [-0.1, -0.05) is 6.07 Å². The summed E-state index contributed by atoms with van der Waals surface area (Å²) >= 11 is 5.04. The maximum atomic E-state index is 13.4. The van der Waals surface area contributed by atoms with Crippen molar-refractivity contribution in [2.45, 2.75) is 6.54 Å².